The van der Waals surface area contributed by atoms with Crippen LogP contribution in [-0.2, 0) is 0 Å². The minimum atomic E-state index is -5.06. The smallest absolute Gasteiger partial charge is 0.467 e. The lowest BCUT2D eigenvalue weighted by atomic mass is 10.0. The van der Waals surface area contributed by atoms with Crippen molar-refractivity contribution in [2.45, 2.75) is 30.6 Å². The van der Waals surface area contributed by atoms with Crippen LogP contribution in [-0.4, -0.2) is 42.0 Å². The lowest BCUT2D eigenvalue weighted by molar-refractivity contribution is -0.312. The van der Waals surface area contributed by atoms with Gasteiger partial charge in [0.25, 0.3) is 5.24 Å². The largest absolute Gasteiger partial charge is 0.493 e. The summed E-state index contributed by atoms with van der Waals surface area (Å²) in [6.07, 6.45) is -4.49. The Labute approximate surface area is 149 Å². The Morgan fingerprint density at radius 1 is 1.27 bits per heavy atom. The van der Waals surface area contributed by atoms with Gasteiger partial charge in [-0.05, 0) is 24.6 Å². The summed E-state index contributed by atoms with van der Waals surface area (Å²) in [7, 11) is 1.13. The summed E-state index contributed by atoms with van der Waals surface area (Å²) in [5.74, 6) is -5.94. The first kappa shape index (κ1) is 20.3. The Morgan fingerprint density at radius 2 is 1.96 bits per heavy atom. The van der Waals surface area contributed by atoms with Gasteiger partial charge in [0.2, 0.25) is 0 Å². The van der Waals surface area contributed by atoms with E-state index < -0.39 is 24.5 Å². The average molecular weight is 398 g/mol. The van der Waals surface area contributed by atoms with Crippen LogP contribution in [0.2, 0.25) is 0 Å². The van der Waals surface area contributed by atoms with Crippen molar-refractivity contribution in [3.8, 4) is 11.5 Å². The second-order valence-electron chi connectivity index (χ2n) is 5.23. The molecule has 144 valence electrons. The molecule has 1 atom stereocenters. The Kier molecular flexibility index (Phi) is 5.99. The van der Waals surface area contributed by atoms with Gasteiger partial charge in [-0.15, -0.1) is 0 Å². The number of hydrogen-bond donors (Lipinski definition) is 1. The van der Waals surface area contributed by atoms with Gasteiger partial charge in [-0.25, -0.2) is 9.82 Å². The molecule has 5 nitrogen and oxygen atoms in total. The molecule has 0 aromatic heterocycles. The Hall–Kier alpha value is -2.04. The number of benzene rings is 1. The Morgan fingerprint density at radius 3 is 2.54 bits per heavy atom. The molecule has 0 saturated heterocycles. The van der Waals surface area contributed by atoms with E-state index in [1.54, 1.807) is 0 Å². The standard InChI is InChI=1S/C15H15F5N2O3S/c1-3-11-12(21-22-13(23)26-11)8-4-5-9(10(6-8)24-2)25-15(19,20)14(17,18)7-16/h4-6,11H,3,7H2,1-2H3,(H,22,23). The first-order valence-corrected chi connectivity index (χ1v) is 8.26. The van der Waals surface area contributed by atoms with E-state index in [0.29, 0.717) is 17.7 Å². The first-order valence-electron chi connectivity index (χ1n) is 7.38. The van der Waals surface area contributed by atoms with Crippen molar-refractivity contribution in [2.75, 3.05) is 13.8 Å². The molecule has 1 heterocycles. The van der Waals surface area contributed by atoms with Gasteiger partial charge in [0.15, 0.2) is 18.2 Å². The van der Waals surface area contributed by atoms with Crippen molar-refractivity contribution >= 4 is 22.7 Å². The summed E-state index contributed by atoms with van der Waals surface area (Å²) >= 11 is 1.01. The lowest BCUT2D eigenvalue weighted by Crippen LogP contribution is -2.47. The van der Waals surface area contributed by atoms with Gasteiger partial charge in [0.05, 0.1) is 18.1 Å². The Balaban J connectivity index is 2.35. The molecular weight excluding hydrogens is 383 g/mol. The molecule has 1 aliphatic rings. The molecule has 0 spiro atoms. The number of alkyl halides is 5. The van der Waals surface area contributed by atoms with E-state index in [-0.39, 0.29) is 16.2 Å². The van der Waals surface area contributed by atoms with Crippen LogP contribution >= 0.6 is 11.8 Å². The number of hydrazone groups is 1. The van der Waals surface area contributed by atoms with Crippen LogP contribution < -0.4 is 14.9 Å². The maximum atomic E-state index is 13.5. The van der Waals surface area contributed by atoms with Crippen molar-refractivity contribution < 1.29 is 36.2 Å². The number of carbonyl (C=O) groups excluding carboxylic acids is 1. The van der Waals surface area contributed by atoms with E-state index in [1.165, 1.54) is 12.1 Å². The van der Waals surface area contributed by atoms with Gasteiger partial charge in [-0.2, -0.15) is 22.7 Å². The lowest BCUT2D eigenvalue weighted by Gasteiger charge is -2.25. The number of rotatable bonds is 7. The second-order valence-corrected chi connectivity index (χ2v) is 6.41. The van der Waals surface area contributed by atoms with E-state index in [9.17, 15) is 26.7 Å². The minimum absolute atomic E-state index is 0.267. The number of amides is 1. The monoisotopic (exact) mass is 398 g/mol. The molecule has 1 aliphatic heterocycles. The normalized spacial score (nSPS) is 18.2. The summed E-state index contributed by atoms with van der Waals surface area (Å²) in [5.41, 5.74) is 3.18. The minimum Gasteiger partial charge on any atom is -0.493 e. The van der Waals surface area contributed by atoms with E-state index in [0.717, 1.165) is 24.9 Å². The number of hydrogen-bond acceptors (Lipinski definition) is 5. The van der Waals surface area contributed by atoms with Gasteiger partial charge in [0.1, 0.15) is 0 Å². The molecule has 0 aliphatic carbocycles. The van der Waals surface area contributed by atoms with Crippen molar-refractivity contribution in [1.82, 2.24) is 5.43 Å². The predicted molar refractivity (Wildman–Crippen MR) is 86.2 cm³/mol. The number of methoxy groups -OCH3 is 1. The van der Waals surface area contributed by atoms with Crippen LogP contribution in [0, 0.1) is 0 Å². The zero-order valence-electron chi connectivity index (χ0n) is 13.7. The topological polar surface area (TPSA) is 59.9 Å². The highest BCUT2D eigenvalue weighted by Crippen LogP contribution is 2.40. The third-order valence-electron chi connectivity index (χ3n) is 3.48. The maximum Gasteiger partial charge on any atom is 0.467 e. The zero-order chi connectivity index (χ0) is 19.5. The highest BCUT2D eigenvalue weighted by Gasteiger charge is 2.60. The van der Waals surface area contributed by atoms with Crippen LogP contribution in [0.15, 0.2) is 23.3 Å². The summed E-state index contributed by atoms with van der Waals surface area (Å²) in [4.78, 5) is 11.4. The zero-order valence-corrected chi connectivity index (χ0v) is 14.5. The van der Waals surface area contributed by atoms with Gasteiger partial charge in [-0.1, -0.05) is 18.7 Å². The molecule has 1 amide bonds. The van der Waals surface area contributed by atoms with Crippen molar-refractivity contribution in [3.63, 3.8) is 0 Å². The van der Waals surface area contributed by atoms with E-state index >= 15 is 0 Å². The quantitative estimate of drug-likeness (QED) is 0.699. The van der Waals surface area contributed by atoms with Crippen LogP contribution in [0.5, 0.6) is 11.5 Å². The van der Waals surface area contributed by atoms with Gasteiger partial charge in [0, 0.05) is 5.56 Å². The van der Waals surface area contributed by atoms with E-state index in [1.807, 2.05) is 6.92 Å². The van der Waals surface area contributed by atoms with Gasteiger partial charge in [-0.3, -0.25) is 4.79 Å². The summed E-state index contributed by atoms with van der Waals surface area (Å²) in [6, 6.07) is 3.56. The number of ether oxygens (including phenoxy) is 2. The molecule has 0 radical (unpaired) electrons. The SMILES string of the molecule is CCC1SC(=O)NN=C1c1ccc(OC(F)(F)C(F)(F)CF)c(OC)c1. The average Bonchev–Trinajstić information content (AvgIpc) is 2.61. The number of nitrogens with zero attached hydrogens (tertiary/aromatic N) is 1. The van der Waals surface area contributed by atoms with Gasteiger partial charge >= 0.3 is 12.0 Å². The fourth-order valence-electron chi connectivity index (χ4n) is 2.12. The van der Waals surface area contributed by atoms with E-state index in [4.69, 9.17) is 4.74 Å². The number of carbonyl (C=O) groups is 1. The molecule has 0 bridgehead atoms. The number of halogens is 5. The number of nitrogens with one attached hydrogen (secondary N) is 1. The molecule has 1 unspecified atom stereocenters. The summed E-state index contributed by atoms with van der Waals surface area (Å²) in [5, 5.41) is 3.33. The molecule has 11 heteroatoms. The fourth-order valence-corrected chi connectivity index (χ4v) is 2.94. The third kappa shape index (κ3) is 4.02. The molecule has 26 heavy (non-hydrogen) atoms. The molecule has 1 aromatic rings. The fraction of sp³-hybridized carbons (Fsp3) is 0.467. The maximum absolute atomic E-state index is 13.5. The molecule has 2 rings (SSSR count). The van der Waals surface area contributed by atoms with Gasteiger partial charge < -0.3 is 9.47 Å². The van der Waals surface area contributed by atoms with E-state index in [2.05, 4.69) is 15.3 Å². The highest BCUT2D eigenvalue weighted by atomic mass is 32.2. The van der Waals surface area contributed by atoms with Crippen molar-refractivity contribution in [3.05, 3.63) is 23.8 Å². The predicted octanol–water partition coefficient (Wildman–Crippen LogP) is 4.21. The Bertz CT molecular complexity index is 715. The van der Waals surface area contributed by atoms with Crippen LogP contribution in [0.3, 0.4) is 0 Å². The van der Waals surface area contributed by atoms with Crippen LogP contribution in [0.4, 0.5) is 26.7 Å². The van der Waals surface area contributed by atoms with Crippen molar-refractivity contribution in [2.24, 2.45) is 5.10 Å². The van der Waals surface area contributed by atoms with Crippen LogP contribution in [0.1, 0.15) is 18.9 Å². The first-order chi connectivity index (χ1) is 12.1. The second kappa shape index (κ2) is 7.68. The molecule has 0 saturated carbocycles. The summed E-state index contributed by atoms with van der Waals surface area (Å²) < 4.78 is 74.1. The molecular formula is C15H15F5N2O3S. The van der Waals surface area contributed by atoms with Crippen LogP contribution in [0.25, 0.3) is 0 Å². The molecule has 0 fully saturated rings. The highest BCUT2D eigenvalue weighted by molar-refractivity contribution is 8.14. The number of thioether (sulfide) groups is 1. The molecule has 1 aromatic carbocycles. The van der Waals surface area contributed by atoms with Crippen molar-refractivity contribution in [1.29, 1.82) is 0 Å². The third-order valence-corrected chi connectivity index (χ3v) is 4.63. The molecule has 1 N–H and O–H groups in total. The summed E-state index contributed by atoms with van der Waals surface area (Å²) in [6.45, 7) is -0.744.